The average molecular weight is 968 g/mol. The minimum atomic E-state index is 0.242. The Bertz CT molecular complexity index is 3380. The highest BCUT2D eigenvalue weighted by molar-refractivity contribution is 6.31. The summed E-state index contributed by atoms with van der Waals surface area (Å²) in [5.74, 6) is 2.81. The van der Waals surface area contributed by atoms with Gasteiger partial charge in [0, 0.05) is 67.0 Å². The molecule has 12 aromatic rings. The van der Waals surface area contributed by atoms with Gasteiger partial charge in [0.15, 0.2) is 17.3 Å². The number of benzene rings is 6. The summed E-state index contributed by atoms with van der Waals surface area (Å²) in [4.78, 5) is 24.5. The molecule has 0 unspecified atom stereocenters. The summed E-state index contributed by atoms with van der Waals surface area (Å²) >= 11 is 17.8. The molecule has 336 valence electrons. The minimum absolute atomic E-state index is 0.242. The van der Waals surface area contributed by atoms with Gasteiger partial charge >= 0.3 is 0 Å². The third-order valence-electron chi connectivity index (χ3n) is 10.7. The minimum Gasteiger partial charge on any atom is -0.368 e. The van der Waals surface area contributed by atoms with Gasteiger partial charge in [-0.05, 0) is 127 Å². The quantitative estimate of drug-likeness (QED) is 0.141. The monoisotopic (exact) mass is 966 g/mol. The van der Waals surface area contributed by atoms with Crippen molar-refractivity contribution in [3.63, 3.8) is 0 Å². The topological polar surface area (TPSA) is 233 Å². The third kappa shape index (κ3) is 9.73. The Balaban J connectivity index is 0.000000120. The molecule has 0 bridgehead atoms. The number of nitrogens with zero attached hydrogens (tertiary/aromatic N) is 9. The lowest BCUT2D eigenvalue weighted by molar-refractivity contribution is 0.441. The largest absolute Gasteiger partial charge is 0.368 e. The molecule has 6 aromatic heterocycles. The molecule has 18 heteroatoms. The van der Waals surface area contributed by atoms with E-state index in [-0.39, 0.29) is 17.8 Å². The van der Waals surface area contributed by atoms with Crippen LogP contribution in [0.25, 0.3) is 100 Å². The van der Waals surface area contributed by atoms with Crippen LogP contribution < -0.4 is 17.2 Å². The molecule has 12 rings (SSSR count). The predicted molar refractivity (Wildman–Crippen MR) is 270 cm³/mol. The Kier molecular flexibility index (Phi) is 12.3. The van der Waals surface area contributed by atoms with Crippen molar-refractivity contribution in [2.45, 2.75) is 0 Å². The molecule has 0 spiro atoms. The Morgan fingerprint density at radius 1 is 0.319 bits per heavy atom. The molecule has 0 amide bonds. The van der Waals surface area contributed by atoms with Crippen LogP contribution in [0.5, 0.6) is 0 Å². The number of aromatic nitrogens is 9. The van der Waals surface area contributed by atoms with Gasteiger partial charge in [0.1, 0.15) is 16.6 Å². The van der Waals surface area contributed by atoms with Crippen molar-refractivity contribution in [2.24, 2.45) is 0 Å². The Labute approximate surface area is 406 Å². The van der Waals surface area contributed by atoms with E-state index in [1.807, 2.05) is 146 Å². The number of rotatable bonds is 6. The molecule has 0 aliphatic rings. The molecular weight excluding hydrogens is 935 g/mol. The normalized spacial score (nSPS) is 11.0. The van der Waals surface area contributed by atoms with Crippen LogP contribution in [0.4, 0.5) is 17.8 Å². The second kappa shape index (κ2) is 19.2. The molecule has 6 heterocycles. The van der Waals surface area contributed by atoms with Crippen LogP contribution in [-0.2, 0) is 0 Å². The van der Waals surface area contributed by atoms with Crippen LogP contribution in [0.1, 0.15) is 0 Å². The molecule has 69 heavy (non-hydrogen) atoms. The van der Waals surface area contributed by atoms with Gasteiger partial charge in [0.05, 0.1) is 33.2 Å². The maximum Gasteiger partial charge on any atom is 0.220 e. The molecule has 0 saturated heterocycles. The Hall–Kier alpha value is -8.76. The average Bonchev–Trinajstić information content (AvgIpc) is 4.12. The first-order valence-electron chi connectivity index (χ1n) is 20.8. The van der Waals surface area contributed by atoms with Crippen LogP contribution in [-0.4, -0.2) is 45.4 Å². The van der Waals surface area contributed by atoms with Crippen LogP contribution in [0, 0.1) is 0 Å². The van der Waals surface area contributed by atoms with Gasteiger partial charge < -0.3 is 30.8 Å². The van der Waals surface area contributed by atoms with E-state index in [0.29, 0.717) is 32.3 Å². The number of hydrogen-bond donors (Lipinski definition) is 3. The first-order chi connectivity index (χ1) is 33.6. The predicted octanol–water partition coefficient (Wildman–Crippen LogP) is 12.6. The summed E-state index contributed by atoms with van der Waals surface area (Å²) < 4.78 is 16.5. The van der Waals surface area contributed by atoms with Crippen molar-refractivity contribution in [1.29, 1.82) is 0 Å². The summed E-state index contributed by atoms with van der Waals surface area (Å²) in [6, 6.07) is 45.2. The number of hydrogen-bond acceptors (Lipinski definition) is 15. The standard InChI is InChI=1S/3C17H11ClN4O/c3*18-12-4-1-10(2-5-12)16-13-9-11(3-6-15(13)22-23-16)14-7-8-20-17(19)21-14/h3*1-9H,(H2,19,20,21). The summed E-state index contributed by atoms with van der Waals surface area (Å²) in [6.45, 7) is 0. The van der Waals surface area contributed by atoms with E-state index in [1.54, 1.807) is 18.6 Å². The van der Waals surface area contributed by atoms with Crippen LogP contribution in [0.3, 0.4) is 0 Å². The van der Waals surface area contributed by atoms with Crippen molar-refractivity contribution in [3.05, 3.63) is 179 Å². The first-order valence-corrected chi connectivity index (χ1v) is 22.0. The number of nitrogens with two attached hydrogens (primary N) is 3. The third-order valence-corrected chi connectivity index (χ3v) is 11.4. The highest BCUT2D eigenvalue weighted by Gasteiger charge is 2.16. The SMILES string of the molecule is Nc1nccc(-c2ccc3noc(-c4ccc(Cl)cc4)c3c2)n1.Nc1nccc(-c2ccc3noc(-c4ccc(Cl)cc4)c3c2)n1.Nc1nccc(-c2ccc3noc(-c4ccc(Cl)cc4)c3c2)n1. The molecule has 6 aromatic carbocycles. The zero-order valence-corrected chi connectivity index (χ0v) is 38.0. The van der Waals surface area contributed by atoms with Gasteiger partial charge in [-0.1, -0.05) is 68.5 Å². The highest BCUT2D eigenvalue weighted by Crippen LogP contribution is 2.35. The molecule has 6 N–H and O–H groups in total. The molecule has 0 radical (unpaired) electrons. The summed E-state index contributed by atoms with van der Waals surface area (Å²) in [5.41, 5.74) is 27.1. The lowest BCUT2D eigenvalue weighted by Crippen LogP contribution is -1.95. The van der Waals surface area contributed by atoms with Gasteiger partial charge in [0.25, 0.3) is 0 Å². The fraction of sp³-hybridized carbons (Fsp3) is 0. The molecular formula is C51H33Cl3N12O3. The summed E-state index contributed by atoms with van der Waals surface area (Å²) in [6.07, 6.45) is 4.90. The summed E-state index contributed by atoms with van der Waals surface area (Å²) in [5, 5.41) is 17.1. The molecule has 15 nitrogen and oxygen atoms in total. The van der Waals surface area contributed by atoms with E-state index in [2.05, 4.69) is 45.4 Å². The molecule has 0 aliphatic carbocycles. The zero-order chi connectivity index (χ0) is 47.4. The van der Waals surface area contributed by atoms with E-state index in [4.69, 9.17) is 65.6 Å². The number of nitrogen functional groups attached to an aromatic ring is 3. The second-order valence-corrected chi connectivity index (χ2v) is 16.5. The van der Waals surface area contributed by atoms with Crippen LogP contribution in [0.15, 0.2) is 178 Å². The molecule has 0 atom stereocenters. The highest BCUT2D eigenvalue weighted by atomic mass is 35.5. The Morgan fingerprint density at radius 3 is 0.841 bits per heavy atom. The van der Waals surface area contributed by atoms with Crippen LogP contribution in [0.2, 0.25) is 15.1 Å². The van der Waals surface area contributed by atoms with E-state index in [1.165, 1.54) is 0 Å². The van der Waals surface area contributed by atoms with Crippen molar-refractivity contribution in [2.75, 3.05) is 17.2 Å². The van der Waals surface area contributed by atoms with Gasteiger partial charge in [-0.2, -0.15) is 0 Å². The lowest BCUT2D eigenvalue weighted by Gasteiger charge is -2.02. The fourth-order valence-corrected chi connectivity index (χ4v) is 7.71. The van der Waals surface area contributed by atoms with Crippen molar-refractivity contribution >= 4 is 85.4 Å². The molecule has 0 saturated carbocycles. The maximum absolute atomic E-state index is 5.94. The van der Waals surface area contributed by atoms with Crippen molar-refractivity contribution in [1.82, 2.24) is 45.4 Å². The number of halogens is 3. The number of fused-ring (bicyclic) bond motifs is 3. The smallest absolute Gasteiger partial charge is 0.220 e. The Morgan fingerprint density at radius 2 is 0.580 bits per heavy atom. The van der Waals surface area contributed by atoms with Crippen LogP contribution >= 0.6 is 34.8 Å². The van der Waals surface area contributed by atoms with E-state index < -0.39 is 0 Å². The summed E-state index contributed by atoms with van der Waals surface area (Å²) in [7, 11) is 0. The van der Waals surface area contributed by atoms with E-state index >= 15 is 0 Å². The lowest BCUT2D eigenvalue weighted by atomic mass is 10.0. The molecule has 0 aliphatic heterocycles. The van der Waals surface area contributed by atoms with Gasteiger partial charge in [-0.25, -0.2) is 29.9 Å². The zero-order valence-electron chi connectivity index (χ0n) is 35.7. The maximum atomic E-state index is 5.94. The van der Waals surface area contributed by atoms with Gasteiger partial charge in [0.2, 0.25) is 17.8 Å². The van der Waals surface area contributed by atoms with Gasteiger partial charge in [-0.3, -0.25) is 0 Å². The van der Waals surface area contributed by atoms with Gasteiger partial charge in [-0.15, -0.1) is 0 Å². The molecule has 0 fully saturated rings. The first kappa shape index (κ1) is 44.1. The number of anilines is 3. The fourth-order valence-electron chi connectivity index (χ4n) is 7.33. The van der Waals surface area contributed by atoms with E-state index in [9.17, 15) is 0 Å². The van der Waals surface area contributed by atoms with Crippen molar-refractivity contribution in [3.8, 4) is 67.7 Å². The van der Waals surface area contributed by atoms with E-state index in [0.717, 1.165) is 83.2 Å². The second-order valence-electron chi connectivity index (χ2n) is 15.2. The van der Waals surface area contributed by atoms with Crippen molar-refractivity contribution < 1.29 is 13.6 Å².